The molecule has 0 radical (unpaired) electrons. The van der Waals surface area contributed by atoms with Gasteiger partial charge < -0.3 is 11.6 Å². The molecule has 0 bridgehead atoms. The first-order chi connectivity index (χ1) is 5.18. The van der Waals surface area contributed by atoms with Crippen LogP contribution in [0.5, 0.6) is 0 Å². The fourth-order valence-electron chi connectivity index (χ4n) is 0.249. The Morgan fingerprint density at radius 1 is 1.42 bits per heavy atom. The number of hydrogen-bond donors (Lipinski definition) is 2. The molecule has 0 aromatic heterocycles. The molecule has 12 heavy (non-hydrogen) atoms. The number of carboxylic acid groups (broad SMARTS) is 2. The van der Waals surface area contributed by atoms with Crippen molar-refractivity contribution in [3.63, 3.8) is 0 Å². The van der Waals surface area contributed by atoms with E-state index in [1.54, 1.807) is 12.2 Å². The maximum absolute atomic E-state index is 9.75. The number of allylic oxidation sites excluding steroid dienone is 3. The summed E-state index contributed by atoms with van der Waals surface area (Å²) in [7, 11) is 0. The second kappa shape index (κ2) is 17.2. The first kappa shape index (κ1) is 18.0. The van der Waals surface area contributed by atoms with Crippen molar-refractivity contribution in [1.29, 1.82) is 0 Å². The summed E-state index contributed by atoms with van der Waals surface area (Å²) in [5.41, 5.74) is 0. The standard InChI is InChI=1S/C6H8O2.CH2O2.K.H/c1-2-3-4-5-6(7)8;2-1-3;;/h2-5H,1H3,(H,7,8);1H,(H,2,3);;/q;;+1;-1/b3-2+,5-4+;;;. The van der Waals surface area contributed by atoms with E-state index in [0.29, 0.717) is 0 Å². The Kier molecular flexibility index (Phi) is 25.8. The molecule has 5 heteroatoms. The first-order valence-electron chi connectivity index (χ1n) is 2.79. The van der Waals surface area contributed by atoms with Crippen molar-refractivity contribution >= 4 is 12.4 Å². The minimum Gasteiger partial charge on any atom is -1.00 e. The third kappa shape index (κ3) is 32.3. The molecule has 0 aromatic carbocycles. The maximum Gasteiger partial charge on any atom is 1.00 e. The third-order valence-electron chi connectivity index (χ3n) is 0.542. The van der Waals surface area contributed by atoms with Crippen LogP contribution in [0.4, 0.5) is 0 Å². The van der Waals surface area contributed by atoms with Gasteiger partial charge in [-0.15, -0.1) is 0 Å². The predicted molar refractivity (Wildman–Crippen MR) is 41.4 cm³/mol. The zero-order valence-electron chi connectivity index (χ0n) is 8.10. The second-order valence-electron chi connectivity index (χ2n) is 1.33. The Morgan fingerprint density at radius 2 is 1.83 bits per heavy atom. The molecule has 0 saturated heterocycles. The van der Waals surface area contributed by atoms with Crippen LogP contribution in [0.25, 0.3) is 0 Å². The Balaban J connectivity index is -0.0000000720. The number of carbonyl (C=O) groups is 2. The van der Waals surface area contributed by atoms with Gasteiger partial charge in [0.1, 0.15) is 0 Å². The van der Waals surface area contributed by atoms with E-state index in [9.17, 15) is 4.79 Å². The molecular weight excluding hydrogens is 187 g/mol. The van der Waals surface area contributed by atoms with Crippen LogP contribution < -0.4 is 51.4 Å². The van der Waals surface area contributed by atoms with Crippen LogP contribution in [0.2, 0.25) is 0 Å². The molecule has 0 unspecified atom stereocenters. The molecule has 0 aliphatic carbocycles. The van der Waals surface area contributed by atoms with Gasteiger partial charge in [0.15, 0.2) is 0 Å². The van der Waals surface area contributed by atoms with Gasteiger partial charge in [0, 0.05) is 6.08 Å². The van der Waals surface area contributed by atoms with Crippen LogP contribution >= 0.6 is 0 Å². The van der Waals surface area contributed by atoms with E-state index in [-0.39, 0.29) is 59.3 Å². The summed E-state index contributed by atoms with van der Waals surface area (Å²) in [5.74, 6) is -0.914. The topological polar surface area (TPSA) is 74.6 Å². The zero-order valence-corrected chi connectivity index (χ0v) is 10.2. The second-order valence-corrected chi connectivity index (χ2v) is 1.33. The van der Waals surface area contributed by atoms with Crippen molar-refractivity contribution < 1.29 is 72.6 Å². The molecule has 0 spiro atoms. The molecule has 0 atom stereocenters. The molecule has 0 heterocycles. The number of aliphatic carboxylic acids is 1. The van der Waals surface area contributed by atoms with Crippen LogP contribution in [-0.4, -0.2) is 22.7 Å². The fourth-order valence-corrected chi connectivity index (χ4v) is 0.249. The van der Waals surface area contributed by atoms with E-state index in [1.807, 2.05) is 6.92 Å². The summed E-state index contributed by atoms with van der Waals surface area (Å²) in [5, 5.41) is 14.9. The Labute approximate surface area is 115 Å². The van der Waals surface area contributed by atoms with E-state index >= 15 is 0 Å². The molecule has 2 N–H and O–H groups in total. The molecule has 4 nitrogen and oxygen atoms in total. The van der Waals surface area contributed by atoms with E-state index in [1.165, 1.54) is 6.08 Å². The summed E-state index contributed by atoms with van der Waals surface area (Å²) in [6.07, 6.45) is 5.98. The van der Waals surface area contributed by atoms with E-state index in [0.717, 1.165) is 6.08 Å². The van der Waals surface area contributed by atoms with Crippen molar-refractivity contribution in [3.8, 4) is 0 Å². The van der Waals surface area contributed by atoms with Crippen molar-refractivity contribution in [2.75, 3.05) is 0 Å². The largest absolute Gasteiger partial charge is 1.00 e. The van der Waals surface area contributed by atoms with Gasteiger partial charge in [0.05, 0.1) is 0 Å². The summed E-state index contributed by atoms with van der Waals surface area (Å²) in [4.78, 5) is 18.1. The molecule has 0 saturated carbocycles. The fraction of sp³-hybridized carbons (Fsp3) is 0.143. The summed E-state index contributed by atoms with van der Waals surface area (Å²) in [6.45, 7) is 1.58. The molecule has 0 fully saturated rings. The molecular formula is C7H11KO4. The number of carboxylic acids is 1. The predicted octanol–water partition coefficient (Wildman–Crippen LogP) is -1.98. The van der Waals surface area contributed by atoms with Crippen LogP contribution in [0.1, 0.15) is 8.35 Å². The quantitative estimate of drug-likeness (QED) is 0.233. The maximum atomic E-state index is 9.75. The molecule has 0 aliphatic rings. The molecule has 0 amide bonds. The smallest absolute Gasteiger partial charge is 1.00 e. The van der Waals surface area contributed by atoms with E-state index in [4.69, 9.17) is 15.0 Å². The SMILES string of the molecule is C/C=C/C=C/C(=O)O.O=CO.[H-].[K+]. The average Bonchev–Trinajstić information content (AvgIpc) is 1.89. The van der Waals surface area contributed by atoms with Gasteiger partial charge in [-0.2, -0.15) is 0 Å². The Hall–Kier alpha value is 0.0564. The summed E-state index contributed by atoms with van der Waals surface area (Å²) < 4.78 is 0. The Morgan fingerprint density at radius 3 is 2.08 bits per heavy atom. The minimum atomic E-state index is -0.914. The molecule has 64 valence electrons. The van der Waals surface area contributed by atoms with Gasteiger partial charge >= 0.3 is 57.4 Å². The van der Waals surface area contributed by atoms with Crippen molar-refractivity contribution in [1.82, 2.24) is 0 Å². The first-order valence-corrected chi connectivity index (χ1v) is 2.79. The number of rotatable bonds is 2. The van der Waals surface area contributed by atoms with Crippen molar-refractivity contribution in [2.24, 2.45) is 0 Å². The van der Waals surface area contributed by atoms with Gasteiger partial charge in [0.2, 0.25) is 0 Å². The minimum absolute atomic E-state index is 0. The Bertz CT molecular complexity index is 168. The van der Waals surface area contributed by atoms with Crippen LogP contribution in [0, 0.1) is 0 Å². The molecule has 0 rings (SSSR count). The van der Waals surface area contributed by atoms with Gasteiger partial charge in [-0.3, -0.25) is 4.79 Å². The summed E-state index contributed by atoms with van der Waals surface area (Å²) in [6, 6.07) is 0. The van der Waals surface area contributed by atoms with E-state index < -0.39 is 5.97 Å². The van der Waals surface area contributed by atoms with Gasteiger partial charge in [-0.1, -0.05) is 18.2 Å². The third-order valence-corrected chi connectivity index (χ3v) is 0.542. The average molecular weight is 198 g/mol. The number of hydrogen-bond acceptors (Lipinski definition) is 2. The summed E-state index contributed by atoms with van der Waals surface area (Å²) >= 11 is 0. The van der Waals surface area contributed by atoms with Gasteiger partial charge in [0.25, 0.3) is 6.47 Å². The van der Waals surface area contributed by atoms with E-state index in [2.05, 4.69) is 0 Å². The normalized spacial score (nSPS) is 8.42. The van der Waals surface area contributed by atoms with Gasteiger partial charge in [-0.25, -0.2) is 4.79 Å². The van der Waals surface area contributed by atoms with Crippen LogP contribution in [0.3, 0.4) is 0 Å². The van der Waals surface area contributed by atoms with Crippen molar-refractivity contribution in [3.05, 3.63) is 24.3 Å². The molecule has 0 aliphatic heterocycles. The zero-order chi connectivity index (χ0) is 9.11. The monoisotopic (exact) mass is 198 g/mol. The van der Waals surface area contributed by atoms with Crippen LogP contribution in [-0.2, 0) is 9.59 Å². The molecule has 0 aromatic rings. The van der Waals surface area contributed by atoms with Crippen LogP contribution in [0.15, 0.2) is 24.3 Å². The van der Waals surface area contributed by atoms with Crippen molar-refractivity contribution in [2.45, 2.75) is 6.92 Å². The van der Waals surface area contributed by atoms with Gasteiger partial charge in [-0.05, 0) is 6.92 Å².